The van der Waals surface area contributed by atoms with Crippen molar-refractivity contribution in [2.75, 3.05) is 7.05 Å². The first-order valence-electron chi connectivity index (χ1n) is 7.89. The van der Waals surface area contributed by atoms with Gasteiger partial charge in [0.1, 0.15) is 0 Å². The second kappa shape index (κ2) is 7.46. The Kier molecular flexibility index (Phi) is 5.62. The lowest BCUT2D eigenvalue weighted by molar-refractivity contribution is 0.212. The smallest absolute Gasteiger partial charge is 0.170 e. The van der Waals surface area contributed by atoms with Crippen LogP contribution >= 0.6 is 0 Å². The highest BCUT2D eigenvalue weighted by Gasteiger charge is 2.17. The molecule has 1 saturated carbocycles. The number of hydrogen-bond donors (Lipinski definition) is 2. The van der Waals surface area contributed by atoms with Gasteiger partial charge in [0.25, 0.3) is 0 Å². The molecule has 0 bridgehead atoms. The number of benzene rings is 1. The minimum absolute atomic E-state index is 0.168. The SMILES string of the molecule is Cc1cc(/C(N)=N/O)ccc1CN(C)C1CCCCCC1. The zero-order valence-corrected chi connectivity index (χ0v) is 13.2. The van der Waals surface area contributed by atoms with E-state index in [-0.39, 0.29) is 5.84 Å². The van der Waals surface area contributed by atoms with Gasteiger partial charge in [0.2, 0.25) is 0 Å². The van der Waals surface area contributed by atoms with Crippen molar-refractivity contribution in [2.45, 2.75) is 58.0 Å². The molecule has 0 spiro atoms. The highest BCUT2D eigenvalue weighted by Crippen LogP contribution is 2.23. The van der Waals surface area contributed by atoms with Crippen molar-refractivity contribution >= 4 is 5.84 Å². The van der Waals surface area contributed by atoms with Crippen molar-refractivity contribution in [3.05, 3.63) is 34.9 Å². The molecule has 4 heteroatoms. The van der Waals surface area contributed by atoms with Crippen LogP contribution in [0.2, 0.25) is 0 Å². The molecule has 0 radical (unpaired) electrons. The number of hydrogen-bond acceptors (Lipinski definition) is 3. The van der Waals surface area contributed by atoms with Crippen LogP contribution in [0.25, 0.3) is 0 Å². The Balaban J connectivity index is 2.04. The number of oxime groups is 1. The van der Waals surface area contributed by atoms with E-state index in [0.717, 1.165) is 12.1 Å². The summed E-state index contributed by atoms with van der Waals surface area (Å²) in [6.07, 6.45) is 8.12. The molecule has 0 amide bonds. The average Bonchev–Trinajstić information content (AvgIpc) is 2.77. The summed E-state index contributed by atoms with van der Waals surface area (Å²) in [7, 11) is 2.23. The summed E-state index contributed by atoms with van der Waals surface area (Å²) in [5, 5.41) is 11.8. The van der Waals surface area contributed by atoms with Crippen molar-refractivity contribution in [3.63, 3.8) is 0 Å². The minimum Gasteiger partial charge on any atom is -0.409 e. The molecule has 0 saturated heterocycles. The van der Waals surface area contributed by atoms with Crippen LogP contribution < -0.4 is 5.73 Å². The molecule has 1 fully saturated rings. The number of rotatable bonds is 4. The number of nitrogens with zero attached hydrogens (tertiary/aromatic N) is 2. The molecule has 1 aromatic carbocycles. The fourth-order valence-electron chi connectivity index (χ4n) is 3.19. The van der Waals surface area contributed by atoms with Crippen LogP contribution in [0.4, 0.5) is 0 Å². The van der Waals surface area contributed by atoms with E-state index in [0.29, 0.717) is 6.04 Å². The average molecular weight is 289 g/mol. The van der Waals surface area contributed by atoms with Gasteiger partial charge in [-0.3, -0.25) is 4.90 Å². The molecule has 0 heterocycles. The van der Waals surface area contributed by atoms with Gasteiger partial charge in [-0.25, -0.2) is 0 Å². The van der Waals surface area contributed by atoms with Crippen LogP contribution in [0.5, 0.6) is 0 Å². The molecule has 0 aliphatic heterocycles. The Hall–Kier alpha value is -1.55. The van der Waals surface area contributed by atoms with Crippen molar-refractivity contribution in [1.29, 1.82) is 0 Å². The maximum atomic E-state index is 8.75. The molecule has 4 nitrogen and oxygen atoms in total. The summed E-state index contributed by atoms with van der Waals surface area (Å²) in [6.45, 7) is 3.05. The van der Waals surface area contributed by atoms with Gasteiger partial charge in [-0.05, 0) is 44.0 Å². The molecule has 0 atom stereocenters. The zero-order valence-electron chi connectivity index (χ0n) is 13.2. The monoisotopic (exact) mass is 289 g/mol. The molecular weight excluding hydrogens is 262 g/mol. The number of amidine groups is 1. The molecule has 1 aliphatic carbocycles. The van der Waals surface area contributed by atoms with Crippen LogP contribution in [0, 0.1) is 6.92 Å². The largest absolute Gasteiger partial charge is 0.409 e. The van der Waals surface area contributed by atoms with E-state index in [1.54, 1.807) is 0 Å². The minimum atomic E-state index is 0.168. The van der Waals surface area contributed by atoms with Crippen molar-refractivity contribution in [2.24, 2.45) is 10.9 Å². The fraction of sp³-hybridized carbons (Fsp3) is 0.588. The number of nitrogens with two attached hydrogens (primary N) is 1. The van der Waals surface area contributed by atoms with Crippen LogP contribution in [-0.2, 0) is 6.54 Å². The first kappa shape index (κ1) is 15.8. The van der Waals surface area contributed by atoms with Crippen LogP contribution in [0.15, 0.2) is 23.4 Å². The van der Waals surface area contributed by atoms with Gasteiger partial charge in [0.05, 0.1) is 0 Å². The van der Waals surface area contributed by atoms with Crippen LogP contribution in [0.3, 0.4) is 0 Å². The van der Waals surface area contributed by atoms with Gasteiger partial charge in [0, 0.05) is 18.2 Å². The maximum Gasteiger partial charge on any atom is 0.170 e. The van der Waals surface area contributed by atoms with Gasteiger partial charge in [-0.1, -0.05) is 43.0 Å². The molecule has 1 aliphatic rings. The van der Waals surface area contributed by atoms with Crippen LogP contribution in [-0.4, -0.2) is 29.0 Å². The lowest BCUT2D eigenvalue weighted by atomic mass is 10.0. The molecule has 2 rings (SSSR count). The van der Waals surface area contributed by atoms with Crippen LogP contribution in [0.1, 0.15) is 55.2 Å². The van der Waals surface area contributed by atoms with E-state index < -0.39 is 0 Å². The first-order chi connectivity index (χ1) is 10.1. The van der Waals surface area contributed by atoms with Gasteiger partial charge in [-0.15, -0.1) is 0 Å². The van der Waals surface area contributed by atoms with E-state index in [4.69, 9.17) is 10.9 Å². The Morgan fingerprint density at radius 3 is 2.52 bits per heavy atom. The van der Waals surface area contributed by atoms with Crippen molar-refractivity contribution < 1.29 is 5.21 Å². The lowest BCUT2D eigenvalue weighted by Gasteiger charge is -2.27. The normalized spacial score (nSPS) is 18.0. The topological polar surface area (TPSA) is 61.9 Å². The number of aryl methyl sites for hydroxylation is 1. The highest BCUT2D eigenvalue weighted by molar-refractivity contribution is 5.97. The fourth-order valence-corrected chi connectivity index (χ4v) is 3.19. The maximum absolute atomic E-state index is 8.75. The second-order valence-electron chi connectivity index (χ2n) is 6.19. The van der Waals surface area contributed by atoms with E-state index in [1.807, 2.05) is 12.1 Å². The summed E-state index contributed by atoms with van der Waals surface area (Å²) < 4.78 is 0. The Morgan fingerprint density at radius 1 is 1.29 bits per heavy atom. The first-order valence-corrected chi connectivity index (χ1v) is 7.89. The third kappa shape index (κ3) is 4.21. The standard InChI is InChI=1S/C17H27N3O/c1-13-11-14(17(18)19-21)9-10-15(13)12-20(2)16-7-5-3-4-6-8-16/h9-11,16,21H,3-8,12H2,1-2H3,(H2,18,19). The summed E-state index contributed by atoms with van der Waals surface area (Å²) in [4.78, 5) is 2.48. The second-order valence-corrected chi connectivity index (χ2v) is 6.19. The van der Waals surface area contributed by atoms with Gasteiger partial charge >= 0.3 is 0 Å². The summed E-state index contributed by atoms with van der Waals surface area (Å²) >= 11 is 0. The van der Waals surface area contributed by atoms with Gasteiger partial charge in [0.15, 0.2) is 5.84 Å². The van der Waals surface area contributed by atoms with E-state index in [1.165, 1.54) is 49.7 Å². The zero-order chi connectivity index (χ0) is 15.2. The Bertz CT molecular complexity index is 491. The third-order valence-corrected chi connectivity index (χ3v) is 4.61. The third-order valence-electron chi connectivity index (χ3n) is 4.61. The molecule has 3 N–H and O–H groups in total. The highest BCUT2D eigenvalue weighted by atomic mass is 16.4. The molecular formula is C17H27N3O. The molecule has 0 aromatic heterocycles. The predicted molar refractivity (Wildman–Crippen MR) is 86.6 cm³/mol. The lowest BCUT2D eigenvalue weighted by Crippen LogP contribution is -2.31. The van der Waals surface area contributed by atoms with E-state index in [2.05, 4.69) is 30.1 Å². The Labute approximate surface area is 127 Å². The Morgan fingerprint density at radius 2 is 1.95 bits per heavy atom. The molecule has 21 heavy (non-hydrogen) atoms. The summed E-state index contributed by atoms with van der Waals surface area (Å²) in [6, 6.07) is 6.72. The summed E-state index contributed by atoms with van der Waals surface area (Å²) in [5.41, 5.74) is 8.92. The predicted octanol–water partition coefficient (Wildman–Crippen LogP) is 3.24. The van der Waals surface area contributed by atoms with Gasteiger partial charge < -0.3 is 10.9 Å². The van der Waals surface area contributed by atoms with E-state index >= 15 is 0 Å². The molecule has 0 unspecified atom stereocenters. The summed E-state index contributed by atoms with van der Waals surface area (Å²) in [5.74, 6) is 0.168. The van der Waals surface area contributed by atoms with Crippen molar-refractivity contribution in [3.8, 4) is 0 Å². The van der Waals surface area contributed by atoms with Gasteiger partial charge in [-0.2, -0.15) is 0 Å². The molecule has 1 aromatic rings. The van der Waals surface area contributed by atoms with Crippen molar-refractivity contribution in [1.82, 2.24) is 4.90 Å². The quantitative estimate of drug-likeness (QED) is 0.294. The van der Waals surface area contributed by atoms with E-state index in [9.17, 15) is 0 Å². The molecule has 116 valence electrons.